The molecule has 0 amide bonds. The minimum Gasteiger partial charge on any atom is -0.497 e. The molecule has 0 aliphatic carbocycles. The Bertz CT molecular complexity index is 670. The predicted molar refractivity (Wildman–Crippen MR) is 90.8 cm³/mol. The van der Waals surface area contributed by atoms with Crippen LogP contribution in [0.15, 0.2) is 23.1 Å². The summed E-state index contributed by atoms with van der Waals surface area (Å²) >= 11 is 1.80. The highest BCUT2D eigenvalue weighted by Gasteiger charge is 2.20. The molecule has 0 atom stereocenters. The molecular weight excluding hydrogens is 298 g/mol. The highest BCUT2D eigenvalue weighted by atomic mass is 32.2. The quantitative estimate of drug-likeness (QED) is 0.663. The Kier molecular flexibility index (Phi) is 5.06. The molecule has 1 heterocycles. The van der Waals surface area contributed by atoms with Crippen molar-refractivity contribution in [2.45, 2.75) is 43.3 Å². The van der Waals surface area contributed by atoms with E-state index >= 15 is 0 Å². The molecule has 0 aliphatic heterocycles. The van der Waals surface area contributed by atoms with Gasteiger partial charge in [0.2, 0.25) is 0 Å². The average Bonchev–Trinajstić information content (AvgIpc) is 2.80. The summed E-state index contributed by atoms with van der Waals surface area (Å²) in [7, 11) is 3.09. The highest BCUT2D eigenvalue weighted by Crippen LogP contribution is 2.40. The minimum atomic E-state index is -0.192. The number of aromatic amines is 1. The molecule has 0 fully saturated rings. The third kappa shape index (κ3) is 3.97. The maximum Gasteiger partial charge on any atom is 0.305 e. The normalized spacial score (nSPS) is 11.7. The number of hydrogen-bond donors (Lipinski definition) is 1. The van der Waals surface area contributed by atoms with Crippen LogP contribution in [0.4, 0.5) is 0 Å². The number of hydrogen-bond acceptors (Lipinski definition) is 4. The van der Waals surface area contributed by atoms with Crippen molar-refractivity contribution in [3.8, 4) is 5.75 Å². The lowest BCUT2D eigenvalue weighted by atomic mass is 10.2. The first-order valence-corrected chi connectivity index (χ1v) is 8.10. The van der Waals surface area contributed by atoms with E-state index in [4.69, 9.17) is 9.47 Å². The maximum absolute atomic E-state index is 11.4. The lowest BCUT2D eigenvalue weighted by Crippen LogP contribution is -2.08. The van der Waals surface area contributed by atoms with E-state index in [1.54, 1.807) is 18.9 Å². The Morgan fingerprint density at radius 3 is 2.59 bits per heavy atom. The van der Waals surface area contributed by atoms with Crippen LogP contribution < -0.4 is 4.74 Å². The molecule has 0 spiro atoms. The summed E-state index contributed by atoms with van der Waals surface area (Å²) in [6.07, 6.45) is 1.01. The van der Waals surface area contributed by atoms with Gasteiger partial charge in [-0.1, -0.05) is 20.8 Å². The van der Waals surface area contributed by atoms with Crippen molar-refractivity contribution in [1.82, 2.24) is 4.98 Å². The summed E-state index contributed by atoms with van der Waals surface area (Å²) in [6, 6.07) is 6.00. The second kappa shape index (κ2) is 6.65. The van der Waals surface area contributed by atoms with Gasteiger partial charge in [0.05, 0.1) is 20.6 Å². The number of fused-ring (bicyclic) bond motifs is 1. The number of aryl methyl sites for hydroxylation is 1. The zero-order valence-electron chi connectivity index (χ0n) is 13.8. The van der Waals surface area contributed by atoms with E-state index in [9.17, 15) is 4.79 Å². The Balaban J connectivity index is 2.44. The molecular formula is C17H23NO3S. The van der Waals surface area contributed by atoms with Crippen LogP contribution >= 0.6 is 11.8 Å². The van der Waals surface area contributed by atoms with Crippen LogP contribution in [-0.4, -0.2) is 29.9 Å². The first kappa shape index (κ1) is 16.7. The van der Waals surface area contributed by atoms with Crippen LogP contribution in [0, 0.1) is 0 Å². The average molecular weight is 321 g/mol. The number of carbonyl (C=O) groups is 1. The molecule has 0 bridgehead atoms. The number of nitrogens with one attached hydrogen (secondary N) is 1. The standard InChI is InChI=1S/C17H23NO3S/c1-17(2,3)22-16-12-10-11(20-4)6-7-13(12)18-14(16)8-9-15(19)21-5/h6-7,10,18H,8-9H2,1-5H3. The second-order valence-corrected chi connectivity index (χ2v) is 7.97. The third-order valence-electron chi connectivity index (χ3n) is 3.25. The van der Waals surface area contributed by atoms with E-state index in [1.807, 2.05) is 18.2 Å². The van der Waals surface area contributed by atoms with Crippen molar-refractivity contribution in [3.63, 3.8) is 0 Å². The van der Waals surface area contributed by atoms with Crippen LogP contribution in [0.25, 0.3) is 10.9 Å². The van der Waals surface area contributed by atoms with Crippen LogP contribution in [0.5, 0.6) is 5.75 Å². The van der Waals surface area contributed by atoms with Crippen LogP contribution in [0.1, 0.15) is 32.9 Å². The number of methoxy groups -OCH3 is 2. The Morgan fingerprint density at radius 1 is 1.27 bits per heavy atom. The van der Waals surface area contributed by atoms with Crippen molar-refractivity contribution in [3.05, 3.63) is 23.9 Å². The van der Waals surface area contributed by atoms with E-state index in [-0.39, 0.29) is 10.7 Å². The van der Waals surface area contributed by atoms with Gasteiger partial charge < -0.3 is 14.5 Å². The van der Waals surface area contributed by atoms with Gasteiger partial charge in [0.1, 0.15) is 5.75 Å². The van der Waals surface area contributed by atoms with Gasteiger partial charge in [-0.25, -0.2) is 0 Å². The third-order valence-corrected chi connectivity index (χ3v) is 4.53. The van der Waals surface area contributed by atoms with Gasteiger partial charge in [0, 0.05) is 26.2 Å². The number of esters is 1. The minimum absolute atomic E-state index is 0.0816. The molecule has 2 rings (SSSR count). The van der Waals surface area contributed by atoms with Crippen molar-refractivity contribution >= 4 is 28.6 Å². The van der Waals surface area contributed by atoms with Crippen molar-refractivity contribution in [2.75, 3.05) is 14.2 Å². The van der Waals surface area contributed by atoms with Gasteiger partial charge in [0.25, 0.3) is 0 Å². The van der Waals surface area contributed by atoms with Crippen LogP contribution in [0.3, 0.4) is 0 Å². The summed E-state index contributed by atoms with van der Waals surface area (Å²) in [5.41, 5.74) is 2.14. The summed E-state index contributed by atoms with van der Waals surface area (Å²) in [5.74, 6) is 0.643. The number of aromatic nitrogens is 1. The Morgan fingerprint density at radius 2 is 2.00 bits per heavy atom. The van der Waals surface area contributed by atoms with Gasteiger partial charge in [-0.15, -0.1) is 11.8 Å². The fourth-order valence-electron chi connectivity index (χ4n) is 2.26. The number of benzene rings is 1. The fraction of sp³-hybridized carbons (Fsp3) is 0.471. The molecule has 2 aromatic rings. The first-order valence-electron chi connectivity index (χ1n) is 7.28. The largest absolute Gasteiger partial charge is 0.497 e. The van der Waals surface area contributed by atoms with Gasteiger partial charge in [-0.05, 0) is 24.6 Å². The summed E-state index contributed by atoms with van der Waals surface area (Å²) in [5, 5.41) is 1.14. The lowest BCUT2D eigenvalue weighted by molar-refractivity contribution is -0.140. The van der Waals surface area contributed by atoms with E-state index in [1.165, 1.54) is 12.0 Å². The molecule has 22 heavy (non-hydrogen) atoms. The molecule has 1 N–H and O–H groups in total. The van der Waals surface area contributed by atoms with Crippen molar-refractivity contribution in [2.24, 2.45) is 0 Å². The zero-order valence-corrected chi connectivity index (χ0v) is 14.6. The van der Waals surface area contributed by atoms with Gasteiger partial charge >= 0.3 is 5.97 Å². The first-order chi connectivity index (χ1) is 10.3. The Labute approximate surface area is 135 Å². The zero-order chi connectivity index (χ0) is 16.3. The summed E-state index contributed by atoms with van der Waals surface area (Å²) in [4.78, 5) is 16.1. The maximum atomic E-state index is 11.4. The SMILES string of the molecule is COC(=O)CCc1[nH]c2ccc(OC)cc2c1SC(C)(C)C. The monoisotopic (exact) mass is 321 g/mol. The molecule has 1 aromatic carbocycles. The second-order valence-electron chi connectivity index (χ2n) is 6.13. The molecule has 4 nitrogen and oxygen atoms in total. The summed E-state index contributed by atoms with van der Waals surface area (Å²) in [6.45, 7) is 6.54. The molecule has 0 saturated carbocycles. The predicted octanol–water partition coefficient (Wildman–Crippen LogP) is 4.17. The lowest BCUT2D eigenvalue weighted by Gasteiger charge is -2.18. The molecule has 0 saturated heterocycles. The number of ether oxygens (including phenoxy) is 2. The molecule has 0 aliphatic rings. The fourth-order valence-corrected chi connectivity index (χ4v) is 3.42. The van der Waals surface area contributed by atoms with Gasteiger partial charge in [-0.2, -0.15) is 0 Å². The molecule has 1 aromatic heterocycles. The van der Waals surface area contributed by atoms with Crippen LogP contribution in [-0.2, 0) is 16.0 Å². The summed E-state index contributed by atoms with van der Waals surface area (Å²) < 4.78 is 10.2. The van der Waals surface area contributed by atoms with E-state index in [2.05, 4.69) is 25.8 Å². The van der Waals surface area contributed by atoms with Crippen molar-refractivity contribution in [1.29, 1.82) is 0 Å². The van der Waals surface area contributed by atoms with E-state index < -0.39 is 0 Å². The molecule has 0 unspecified atom stereocenters. The van der Waals surface area contributed by atoms with Crippen molar-refractivity contribution < 1.29 is 14.3 Å². The van der Waals surface area contributed by atoms with Gasteiger partial charge in [0.15, 0.2) is 0 Å². The molecule has 0 radical (unpaired) electrons. The topological polar surface area (TPSA) is 51.3 Å². The van der Waals surface area contributed by atoms with Gasteiger partial charge in [-0.3, -0.25) is 4.79 Å². The number of thioether (sulfide) groups is 1. The smallest absolute Gasteiger partial charge is 0.305 e. The number of carbonyl (C=O) groups excluding carboxylic acids is 1. The molecule has 5 heteroatoms. The van der Waals surface area contributed by atoms with E-state index in [0.717, 1.165) is 22.3 Å². The highest BCUT2D eigenvalue weighted by molar-refractivity contribution is 8.00. The Hall–Kier alpha value is -1.62. The van der Waals surface area contributed by atoms with Crippen LogP contribution in [0.2, 0.25) is 0 Å². The molecule has 120 valence electrons. The van der Waals surface area contributed by atoms with E-state index in [0.29, 0.717) is 12.8 Å². The number of H-pyrrole nitrogens is 1. The number of rotatable bonds is 5.